The average Bonchev–Trinajstić information content (AvgIpc) is 2.39. The molecule has 0 spiro atoms. The molecule has 0 atom stereocenters. The highest BCUT2D eigenvalue weighted by Gasteiger charge is 2.13. The summed E-state index contributed by atoms with van der Waals surface area (Å²) in [7, 11) is -3.53. The van der Waals surface area contributed by atoms with Crippen molar-refractivity contribution in [1.29, 1.82) is 0 Å². The van der Waals surface area contributed by atoms with Crippen LogP contribution in [-0.4, -0.2) is 13.4 Å². The molecule has 1 heterocycles. The molecule has 0 saturated carbocycles. The number of rotatable bonds is 4. The van der Waals surface area contributed by atoms with Gasteiger partial charge in [0.1, 0.15) is 0 Å². The van der Waals surface area contributed by atoms with Crippen LogP contribution in [0.15, 0.2) is 53.7 Å². The van der Waals surface area contributed by atoms with Gasteiger partial charge in [-0.15, -0.1) is 0 Å². The zero-order valence-corrected chi connectivity index (χ0v) is 10.8. The first-order valence-corrected chi connectivity index (χ1v) is 7.12. The number of benzene rings is 1. The van der Waals surface area contributed by atoms with Gasteiger partial charge in [0.2, 0.25) is 0 Å². The summed E-state index contributed by atoms with van der Waals surface area (Å²) in [5, 5.41) is 0. The number of aryl methyl sites for hydroxylation is 1. The van der Waals surface area contributed by atoms with Crippen molar-refractivity contribution in [3.05, 3.63) is 54.4 Å². The first-order valence-electron chi connectivity index (χ1n) is 5.63. The smallest absolute Gasteiger partial charge is 0.261 e. The summed E-state index contributed by atoms with van der Waals surface area (Å²) in [4.78, 5) is 4.12. The van der Waals surface area contributed by atoms with E-state index >= 15 is 0 Å². The van der Waals surface area contributed by atoms with Gasteiger partial charge in [-0.05, 0) is 36.2 Å². The highest BCUT2D eigenvalue weighted by molar-refractivity contribution is 7.92. The molecular weight excluding hydrogens is 248 g/mol. The maximum atomic E-state index is 12.1. The SMILES string of the molecule is CCc1ccc(S(=O)(=O)Nc2cccnc2)cc1. The molecule has 18 heavy (non-hydrogen) atoms. The van der Waals surface area contributed by atoms with Crippen molar-refractivity contribution in [2.45, 2.75) is 18.2 Å². The van der Waals surface area contributed by atoms with Gasteiger partial charge in [0.15, 0.2) is 0 Å². The normalized spacial score (nSPS) is 11.2. The zero-order valence-electron chi connectivity index (χ0n) is 10.00. The van der Waals surface area contributed by atoms with Crippen molar-refractivity contribution in [2.75, 3.05) is 4.72 Å². The Balaban J connectivity index is 2.25. The summed E-state index contributed by atoms with van der Waals surface area (Å²) in [5.74, 6) is 0. The van der Waals surface area contributed by atoms with E-state index in [-0.39, 0.29) is 4.90 Å². The van der Waals surface area contributed by atoms with Crippen molar-refractivity contribution in [1.82, 2.24) is 4.98 Å². The Hall–Kier alpha value is -1.88. The van der Waals surface area contributed by atoms with E-state index in [9.17, 15) is 8.42 Å². The van der Waals surface area contributed by atoms with Gasteiger partial charge in [0, 0.05) is 6.20 Å². The molecule has 1 aromatic heterocycles. The van der Waals surface area contributed by atoms with E-state index in [0.29, 0.717) is 5.69 Å². The van der Waals surface area contributed by atoms with Crippen molar-refractivity contribution in [2.24, 2.45) is 0 Å². The Morgan fingerprint density at radius 2 is 1.89 bits per heavy atom. The largest absolute Gasteiger partial charge is 0.278 e. The van der Waals surface area contributed by atoms with Gasteiger partial charge in [0.25, 0.3) is 10.0 Å². The second-order valence-electron chi connectivity index (χ2n) is 3.84. The molecule has 5 heteroatoms. The van der Waals surface area contributed by atoms with Crippen LogP contribution < -0.4 is 4.72 Å². The quantitative estimate of drug-likeness (QED) is 0.920. The van der Waals surface area contributed by atoms with Crippen molar-refractivity contribution >= 4 is 15.7 Å². The first-order chi connectivity index (χ1) is 8.62. The number of hydrogen-bond donors (Lipinski definition) is 1. The molecule has 0 aliphatic carbocycles. The van der Waals surface area contributed by atoms with Crippen LogP contribution in [-0.2, 0) is 16.4 Å². The van der Waals surface area contributed by atoms with Gasteiger partial charge in [-0.2, -0.15) is 0 Å². The molecule has 94 valence electrons. The lowest BCUT2D eigenvalue weighted by Gasteiger charge is -2.07. The van der Waals surface area contributed by atoms with E-state index in [0.717, 1.165) is 12.0 Å². The number of hydrogen-bond acceptors (Lipinski definition) is 3. The molecule has 0 unspecified atom stereocenters. The minimum Gasteiger partial charge on any atom is -0.278 e. The molecule has 1 N–H and O–H groups in total. The van der Waals surface area contributed by atoms with Crippen LogP contribution in [0.3, 0.4) is 0 Å². The molecule has 0 bridgehead atoms. The Kier molecular flexibility index (Phi) is 3.62. The minimum absolute atomic E-state index is 0.253. The van der Waals surface area contributed by atoms with Crippen LogP contribution in [0.5, 0.6) is 0 Å². The molecule has 4 nitrogen and oxygen atoms in total. The monoisotopic (exact) mass is 262 g/mol. The number of pyridine rings is 1. The van der Waals surface area contributed by atoms with Gasteiger partial charge in [-0.25, -0.2) is 8.42 Å². The van der Waals surface area contributed by atoms with Gasteiger partial charge >= 0.3 is 0 Å². The molecule has 0 aliphatic rings. The predicted octanol–water partition coefficient (Wildman–Crippen LogP) is 2.44. The minimum atomic E-state index is -3.53. The molecule has 0 saturated heterocycles. The molecule has 1 aromatic carbocycles. The van der Waals surface area contributed by atoms with Crippen LogP contribution in [0.4, 0.5) is 5.69 Å². The maximum Gasteiger partial charge on any atom is 0.261 e. The van der Waals surface area contributed by atoms with Gasteiger partial charge in [0.05, 0.1) is 16.8 Å². The summed E-state index contributed by atoms with van der Waals surface area (Å²) in [6.45, 7) is 2.03. The van der Waals surface area contributed by atoms with E-state index in [1.165, 1.54) is 6.20 Å². The topological polar surface area (TPSA) is 59.1 Å². The summed E-state index contributed by atoms with van der Waals surface area (Å²) < 4.78 is 26.6. The standard InChI is InChI=1S/C13H14N2O2S/c1-2-11-5-7-13(8-6-11)18(16,17)15-12-4-3-9-14-10-12/h3-10,15H,2H2,1H3. The second-order valence-corrected chi connectivity index (χ2v) is 5.53. The van der Waals surface area contributed by atoms with Crippen molar-refractivity contribution < 1.29 is 8.42 Å². The van der Waals surface area contributed by atoms with Crippen LogP contribution in [0.2, 0.25) is 0 Å². The lowest BCUT2D eigenvalue weighted by molar-refractivity contribution is 0.601. The number of nitrogens with zero attached hydrogens (tertiary/aromatic N) is 1. The zero-order chi connectivity index (χ0) is 13.0. The average molecular weight is 262 g/mol. The number of nitrogens with one attached hydrogen (secondary N) is 1. The number of anilines is 1. The lowest BCUT2D eigenvalue weighted by atomic mass is 10.2. The third-order valence-corrected chi connectivity index (χ3v) is 3.95. The number of aromatic nitrogens is 1. The third kappa shape index (κ3) is 2.87. The van der Waals surface area contributed by atoms with E-state index < -0.39 is 10.0 Å². The molecular formula is C13H14N2O2S. The molecule has 0 fully saturated rings. The Bertz CT molecular complexity index is 607. The number of sulfonamides is 1. The predicted molar refractivity (Wildman–Crippen MR) is 70.9 cm³/mol. The fourth-order valence-electron chi connectivity index (χ4n) is 1.54. The lowest BCUT2D eigenvalue weighted by Crippen LogP contribution is -2.12. The van der Waals surface area contributed by atoms with E-state index in [1.807, 2.05) is 19.1 Å². The van der Waals surface area contributed by atoms with Crippen LogP contribution in [0.25, 0.3) is 0 Å². The summed E-state index contributed by atoms with van der Waals surface area (Å²) in [6, 6.07) is 10.2. The first kappa shape index (κ1) is 12.6. The Morgan fingerprint density at radius 3 is 2.44 bits per heavy atom. The summed E-state index contributed by atoms with van der Waals surface area (Å²) >= 11 is 0. The van der Waals surface area contributed by atoms with Crippen LogP contribution in [0.1, 0.15) is 12.5 Å². The summed E-state index contributed by atoms with van der Waals surface area (Å²) in [6.07, 6.45) is 3.95. The second kappa shape index (κ2) is 5.18. The molecule has 2 rings (SSSR count). The molecule has 0 amide bonds. The van der Waals surface area contributed by atoms with Gasteiger partial charge < -0.3 is 0 Å². The fourth-order valence-corrected chi connectivity index (χ4v) is 2.58. The Morgan fingerprint density at radius 1 is 1.17 bits per heavy atom. The van der Waals surface area contributed by atoms with E-state index in [4.69, 9.17) is 0 Å². The molecule has 0 radical (unpaired) electrons. The van der Waals surface area contributed by atoms with Crippen LogP contribution in [0, 0.1) is 0 Å². The highest BCUT2D eigenvalue weighted by Crippen LogP contribution is 2.15. The maximum absolute atomic E-state index is 12.1. The molecule has 0 aliphatic heterocycles. The third-order valence-electron chi connectivity index (χ3n) is 2.56. The summed E-state index contributed by atoms with van der Waals surface area (Å²) in [5.41, 5.74) is 1.56. The highest BCUT2D eigenvalue weighted by atomic mass is 32.2. The van der Waals surface area contributed by atoms with Gasteiger partial charge in [-0.3, -0.25) is 9.71 Å². The molecule has 2 aromatic rings. The van der Waals surface area contributed by atoms with E-state index in [1.54, 1.807) is 30.5 Å². The van der Waals surface area contributed by atoms with E-state index in [2.05, 4.69) is 9.71 Å². The van der Waals surface area contributed by atoms with Crippen molar-refractivity contribution in [3.8, 4) is 0 Å². The van der Waals surface area contributed by atoms with Crippen molar-refractivity contribution in [3.63, 3.8) is 0 Å². The van der Waals surface area contributed by atoms with Gasteiger partial charge in [-0.1, -0.05) is 19.1 Å². The fraction of sp³-hybridized carbons (Fsp3) is 0.154. The Labute approximate surface area is 107 Å². The van der Waals surface area contributed by atoms with Crippen LogP contribution >= 0.6 is 0 Å².